The maximum atomic E-state index is 5.81. The molecule has 0 amide bonds. The van der Waals surface area contributed by atoms with Crippen LogP contribution >= 0.6 is 0 Å². The standard InChI is InChI=1S/C12H19NO/c1-3-10-7-5-6-8-12(10)14-11(4-2)9-13/h5-8,11H,3-4,9,13H2,1-2H3. The van der Waals surface area contributed by atoms with E-state index in [4.69, 9.17) is 10.5 Å². The zero-order valence-electron chi connectivity index (χ0n) is 8.99. The molecule has 0 aliphatic heterocycles. The second-order valence-corrected chi connectivity index (χ2v) is 3.35. The molecule has 1 aromatic rings. The van der Waals surface area contributed by atoms with E-state index in [9.17, 15) is 0 Å². The SMILES string of the molecule is CCc1ccccc1OC(CC)CN. The van der Waals surface area contributed by atoms with Gasteiger partial charge in [0.1, 0.15) is 11.9 Å². The van der Waals surface area contributed by atoms with Crippen LogP contribution in [-0.2, 0) is 6.42 Å². The van der Waals surface area contributed by atoms with Gasteiger partial charge in [-0.15, -0.1) is 0 Å². The van der Waals surface area contributed by atoms with E-state index in [1.807, 2.05) is 18.2 Å². The van der Waals surface area contributed by atoms with Gasteiger partial charge in [0.2, 0.25) is 0 Å². The largest absolute Gasteiger partial charge is 0.489 e. The summed E-state index contributed by atoms with van der Waals surface area (Å²) in [5.74, 6) is 0.979. The molecule has 0 heterocycles. The summed E-state index contributed by atoms with van der Waals surface area (Å²) in [4.78, 5) is 0. The topological polar surface area (TPSA) is 35.2 Å². The number of benzene rings is 1. The smallest absolute Gasteiger partial charge is 0.122 e. The summed E-state index contributed by atoms with van der Waals surface area (Å²) in [5.41, 5.74) is 6.85. The normalized spacial score (nSPS) is 12.5. The predicted octanol–water partition coefficient (Wildman–Crippen LogP) is 2.37. The predicted molar refractivity (Wildman–Crippen MR) is 59.6 cm³/mol. The molecule has 2 nitrogen and oxygen atoms in total. The molecule has 0 aliphatic carbocycles. The van der Waals surface area contributed by atoms with Crippen LogP contribution in [0, 0.1) is 0 Å². The first-order chi connectivity index (χ1) is 6.81. The van der Waals surface area contributed by atoms with Crippen molar-refractivity contribution in [2.75, 3.05) is 6.54 Å². The third-order valence-electron chi connectivity index (χ3n) is 2.37. The minimum atomic E-state index is 0.141. The Morgan fingerprint density at radius 3 is 2.57 bits per heavy atom. The number of hydrogen-bond acceptors (Lipinski definition) is 2. The van der Waals surface area contributed by atoms with Crippen molar-refractivity contribution in [3.8, 4) is 5.75 Å². The lowest BCUT2D eigenvalue weighted by molar-refractivity contribution is 0.203. The quantitative estimate of drug-likeness (QED) is 0.779. The first-order valence-electron chi connectivity index (χ1n) is 5.26. The van der Waals surface area contributed by atoms with Crippen LogP contribution in [0.2, 0.25) is 0 Å². The number of ether oxygens (including phenoxy) is 1. The second-order valence-electron chi connectivity index (χ2n) is 3.35. The lowest BCUT2D eigenvalue weighted by Crippen LogP contribution is -2.26. The van der Waals surface area contributed by atoms with Gasteiger partial charge in [0.25, 0.3) is 0 Å². The molecule has 1 unspecified atom stereocenters. The van der Waals surface area contributed by atoms with E-state index in [2.05, 4.69) is 19.9 Å². The molecular weight excluding hydrogens is 174 g/mol. The Morgan fingerprint density at radius 2 is 2.00 bits per heavy atom. The van der Waals surface area contributed by atoms with Crippen LogP contribution < -0.4 is 10.5 Å². The number of rotatable bonds is 5. The summed E-state index contributed by atoms with van der Waals surface area (Å²) in [6.45, 7) is 4.80. The first kappa shape index (κ1) is 11.1. The van der Waals surface area contributed by atoms with Crippen LogP contribution in [0.5, 0.6) is 5.75 Å². The van der Waals surface area contributed by atoms with Crippen LogP contribution in [0.4, 0.5) is 0 Å². The van der Waals surface area contributed by atoms with Gasteiger partial charge in [0.15, 0.2) is 0 Å². The molecule has 78 valence electrons. The highest BCUT2D eigenvalue weighted by Crippen LogP contribution is 2.20. The van der Waals surface area contributed by atoms with Gasteiger partial charge in [0.05, 0.1) is 0 Å². The first-order valence-corrected chi connectivity index (χ1v) is 5.26. The van der Waals surface area contributed by atoms with E-state index in [1.54, 1.807) is 0 Å². The molecule has 0 aliphatic rings. The molecule has 0 saturated carbocycles. The fourth-order valence-corrected chi connectivity index (χ4v) is 1.39. The molecular formula is C12H19NO. The zero-order chi connectivity index (χ0) is 10.4. The Kier molecular flexibility index (Phi) is 4.47. The Hall–Kier alpha value is -1.02. The maximum absolute atomic E-state index is 5.81. The highest BCUT2D eigenvalue weighted by atomic mass is 16.5. The van der Waals surface area contributed by atoms with E-state index < -0.39 is 0 Å². The highest BCUT2D eigenvalue weighted by Gasteiger charge is 2.07. The monoisotopic (exact) mass is 193 g/mol. The molecule has 1 rings (SSSR count). The average molecular weight is 193 g/mol. The minimum absolute atomic E-state index is 0.141. The number of hydrogen-bond donors (Lipinski definition) is 1. The summed E-state index contributed by atoms with van der Waals surface area (Å²) in [5, 5.41) is 0. The lowest BCUT2D eigenvalue weighted by Gasteiger charge is -2.17. The van der Waals surface area contributed by atoms with Crippen LogP contribution in [0.3, 0.4) is 0 Å². The van der Waals surface area contributed by atoms with E-state index in [1.165, 1.54) is 5.56 Å². The van der Waals surface area contributed by atoms with Crippen molar-refractivity contribution in [1.29, 1.82) is 0 Å². The summed E-state index contributed by atoms with van der Waals surface area (Å²) in [7, 11) is 0. The second kappa shape index (κ2) is 5.66. The molecule has 14 heavy (non-hydrogen) atoms. The Bertz CT molecular complexity index is 269. The van der Waals surface area contributed by atoms with E-state index in [0.29, 0.717) is 6.54 Å². The van der Waals surface area contributed by atoms with E-state index >= 15 is 0 Å². The summed E-state index contributed by atoms with van der Waals surface area (Å²) >= 11 is 0. The van der Waals surface area contributed by atoms with Crippen LogP contribution in [0.15, 0.2) is 24.3 Å². The zero-order valence-corrected chi connectivity index (χ0v) is 8.99. The molecule has 2 heteroatoms. The Labute approximate surface area is 86.1 Å². The van der Waals surface area contributed by atoms with Crippen molar-refractivity contribution >= 4 is 0 Å². The third-order valence-corrected chi connectivity index (χ3v) is 2.37. The van der Waals surface area contributed by atoms with Gasteiger partial charge in [-0.05, 0) is 24.5 Å². The number of nitrogens with two attached hydrogens (primary N) is 1. The van der Waals surface area contributed by atoms with Gasteiger partial charge in [0, 0.05) is 6.54 Å². The van der Waals surface area contributed by atoms with Crippen molar-refractivity contribution in [3.63, 3.8) is 0 Å². The van der Waals surface area contributed by atoms with Gasteiger partial charge in [-0.3, -0.25) is 0 Å². The molecule has 0 spiro atoms. The molecule has 0 radical (unpaired) electrons. The van der Waals surface area contributed by atoms with Crippen LogP contribution in [0.25, 0.3) is 0 Å². The molecule has 0 fully saturated rings. The Balaban J connectivity index is 2.74. The number of para-hydroxylation sites is 1. The number of aryl methyl sites for hydroxylation is 1. The molecule has 1 aromatic carbocycles. The van der Waals surface area contributed by atoms with Gasteiger partial charge in [-0.25, -0.2) is 0 Å². The molecule has 0 aromatic heterocycles. The lowest BCUT2D eigenvalue weighted by atomic mass is 10.1. The van der Waals surface area contributed by atoms with Crippen molar-refractivity contribution in [3.05, 3.63) is 29.8 Å². The summed E-state index contributed by atoms with van der Waals surface area (Å²) in [6.07, 6.45) is 2.09. The maximum Gasteiger partial charge on any atom is 0.122 e. The van der Waals surface area contributed by atoms with Crippen molar-refractivity contribution in [1.82, 2.24) is 0 Å². The van der Waals surface area contributed by atoms with Gasteiger partial charge in [-0.1, -0.05) is 32.0 Å². The average Bonchev–Trinajstić information content (AvgIpc) is 2.26. The Morgan fingerprint density at radius 1 is 1.29 bits per heavy atom. The summed E-state index contributed by atoms with van der Waals surface area (Å²) in [6, 6.07) is 8.14. The fraction of sp³-hybridized carbons (Fsp3) is 0.500. The van der Waals surface area contributed by atoms with Crippen molar-refractivity contribution < 1.29 is 4.74 Å². The van der Waals surface area contributed by atoms with Crippen LogP contribution in [-0.4, -0.2) is 12.6 Å². The van der Waals surface area contributed by atoms with Crippen molar-refractivity contribution in [2.45, 2.75) is 32.8 Å². The van der Waals surface area contributed by atoms with Gasteiger partial charge in [-0.2, -0.15) is 0 Å². The third kappa shape index (κ3) is 2.74. The fourth-order valence-electron chi connectivity index (χ4n) is 1.39. The van der Waals surface area contributed by atoms with Crippen LogP contribution in [0.1, 0.15) is 25.8 Å². The van der Waals surface area contributed by atoms with E-state index in [0.717, 1.165) is 18.6 Å². The highest BCUT2D eigenvalue weighted by molar-refractivity contribution is 5.33. The molecule has 0 bridgehead atoms. The van der Waals surface area contributed by atoms with Crippen molar-refractivity contribution in [2.24, 2.45) is 5.73 Å². The summed E-state index contributed by atoms with van der Waals surface area (Å²) < 4.78 is 5.81. The van der Waals surface area contributed by atoms with E-state index in [-0.39, 0.29) is 6.10 Å². The molecule has 0 saturated heterocycles. The molecule has 1 atom stereocenters. The van der Waals surface area contributed by atoms with Gasteiger partial charge < -0.3 is 10.5 Å². The van der Waals surface area contributed by atoms with Gasteiger partial charge >= 0.3 is 0 Å². The minimum Gasteiger partial charge on any atom is -0.489 e. The molecule has 2 N–H and O–H groups in total.